The number of amides is 3. The van der Waals surface area contributed by atoms with Gasteiger partial charge in [0.1, 0.15) is 0 Å². The minimum atomic E-state index is -0.0471. The van der Waals surface area contributed by atoms with Gasteiger partial charge in [-0.15, -0.1) is 0 Å². The van der Waals surface area contributed by atoms with Gasteiger partial charge in [0, 0.05) is 45.0 Å². The van der Waals surface area contributed by atoms with Crippen molar-refractivity contribution in [2.24, 2.45) is 5.92 Å². The van der Waals surface area contributed by atoms with E-state index in [2.05, 4.69) is 15.1 Å². The first-order valence-electron chi connectivity index (χ1n) is 10.9. The number of hydrogen-bond acceptors (Lipinski definition) is 3. The number of anilines is 1. The third-order valence-electron chi connectivity index (χ3n) is 6.54. The van der Waals surface area contributed by atoms with Gasteiger partial charge in [-0.3, -0.25) is 9.69 Å². The van der Waals surface area contributed by atoms with Crippen LogP contribution < -0.4 is 5.32 Å². The number of carbonyl (C=O) groups is 2. The smallest absolute Gasteiger partial charge is 0.321 e. The van der Waals surface area contributed by atoms with Crippen LogP contribution in [0.1, 0.15) is 38.5 Å². The molecule has 6 nitrogen and oxygen atoms in total. The number of piperazine rings is 1. The van der Waals surface area contributed by atoms with Crippen molar-refractivity contribution in [2.75, 3.05) is 44.6 Å². The molecule has 1 saturated carbocycles. The third-order valence-corrected chi connectivity index (χ3v) is 6.54. The van der Waals surface area contributed by atoms with Gasteiger partial charge < -0.3 is 15.1 Å². The molecule has 1 atom stereocenters. The zero-order valence-corrected chi connectivity index (χ0v) is 16.7. The molecule has 4 rings (SSSR count). The van der Waals surface area contributed by atoms with Crippen LogP contribution in [0.15, 0.2) is 30.3 Å². The topological polar surface area (TPSA) is 55.9 Å². The maximum atomic E-state index is 13.3. The molecule has 2 aliphatic heterocycles. The summed E-state index contributed by atoms with van der Waals surface area (Å²) >= 11 is 0. The minimum Gasteiger partial charge on any atom is -0.341 e. The molecule has 2 saturated heterocycles. The van der Waals surface area contributed by atoms with Crippen LogP contribution in [0.4, 0.5) is 10.5 Å². The number of benzene rings is 1. The van der Waals surface area contributed by atoms with Crippen LogP contribution in [0.25, 0.3) is 0 Å². The molecule has 6 heteroatoms. The number of hydrogen-bond donors (Lipinski definition) is 1. The lowest BCUT2D eigenvalue weighted by atomic mass is 9.94. The van der Waals surface area contributed by atoms with Crippen LogP contribution >= 0.6 is 0 Å². The lowest BCUT2D eigenvalue weighted by Gasteiger charge is -2.41. The number of urea groups is 1. The standard InChI is InChI=1S/C22H32N4O2/c27-21(25-12-6-7-13-25)20(18-8-4-5-9-18)24-14-16-26(17-15-24)22(28)23-19-10-2-1-3-11-19/h1-3,10-11,18,20H,4-9,12-17H2,(H,23,28)/t20-/m0/s1. The SMILES string of the molecule is O=C(Nc1ccccc1)N1CCN([C@H](C(=O)N2CCCC2)C2CCCC2)CC1. The number of nitrogens with zero attached hydrogens (tertiary/aromatic N) is 3. The van der Waals surface area contributed by atoms with E-state index in [1.54, 1.807) is 0 Å². The molecule has 28 heavy (non-hydrogen) atoms. The molecular weight excluding hydrogens is 352 g/mol. The Morgan fingerprint density at radius 2 is 1.46 bits per heavy atom. The molecule has 152 valence electrons. The molecule has 1 aromatic rings. The van der Waals surface area contributed by atoms with Gasteiger partial charge in [0.05, 0.1) is 6.04 Å². The Balaban J connectivity index is 1.37. The molecule has 2 heterocycles. The Morgan fingerprint density at radius 1 is 0.821 bits per heavy atom. The van der Waals surface area contributed by atoms with Crippen molar-refractivity contribution in [2.45, 2.75) is 44.6 Å². The van der Waals surface area contributed by atoms with Gasteiger partial charge >= 0.3 is 6.03 Å². The Labute approximate surface area is 167 Å². The monoisotopic (exact) mass is 384 g/mol. The molecule has 1 aromatic carbocycles. The van der Waals surface area contributed by atoms with E-state index >= 15 is 0 Å². The maximum Gasteiger partial charge on any atom is 0.321 e. The number of nitrogens with one attached hydrogen (secondary N) is 1. The van der Waals surface area contributed by atoms with Gasteiger partial charge in [-0.1, -0.05) is 31.0 Å². The van der Waals surface area contributed by atoms with Crippen molar-refractivity contribution < 1.29 is 9.59 Å². The quantitative estimate of drug-likeness (QED) is 0.868. The van der Waals surface area contributed by atoms with Gasteiger partial charge in [0.2, 0.25) is 5.91 Å². The molecular formula is C22H32N4O2. The fourth-order valence-corrected chi connectivity index (χ4v) is 4.98. The summed E-state index contributed by atoms with van der Waals surface area (Å²) in [4.78, 5) is 32.2. The molecule has 1 aliphatic carbocycles. The molecule has 3 amide bonds. The average Bonchev–Trinajstić information content (AvgIpc) is 3.44. The van der Waals surface area contributed by atoms with Gasteiger partial charge in [0.15, 0.2) is 0 Å². The molecule has 3 fully saturated rings. The van der Waals surface area contributed by atoms with Crippen LogP contribution in [0.2, 0.25) is 0 Å². The maximum absolute atomic E-state index is 13.3. The van der Waals surface area contributed by atoms with E-state index in [4.69, 9.17) is 0 Å². The predicted molar refractivity (Wildman–Crippen MR) is 110 cm³/mol. The first-order chi connectivity index (χ1) is 13.7. The summed E-state index contributed by atoms with van der Waals surface area (Å²) in [5, 5.41) is 2.97. The lowest BCUT2D eigenvalue weighted by Crippen LogP contribution is -2.58. The Kier molecular flexibility index (Phi) is 6.15. The van der Waals surface area contributed by atoms with E-state index in [1.165, 1.54) is 25.7 Å². The highest BCUT2D eigenvalue weighted by molar-refractivity contribution is 5.89. The largest absolute Gasteiger partial charge is 0.341 e. The van der Waals surface area contributed by atoms with Crippen molar-refractivity contribution in [1.82, 2.24) is 14.7 Å². The fourth-order valence-electron chi connectivity index (χ4n) is 4.98. The summed E-state index contributed by atoms with van der Waals surface area (Å²) in [6.45, 7) is 4.75. The number of para-hydroxylation sites is 1. The lowest BCUT2D eigenvalue weighted by molar-refractivity contribution is -0.138. The summed E-state index contributed by atoms with van der Waals surface area (Å²) in [6.07, 6.45) is 7.09. The van der Waals surface area contributed by atoms with Crippen LogP contribution in [0, 0.1) is 5.92 Å². The van der Waals surface area contributed by atoms with Gasteiger partial charge in [0.25, 0.3) is 0 Å². The minimum absolute atomic E-state index is 0.0138. The first-order valence-corrected chi connectivity index (χ1v) is 10.9. The molecule has 3 aliphatic rings. The highest BCUT2D eigenvalue weighted by Crippen LogP contribution is 2.32. The van der Waals surface area contributed by atoms with Crippen molar-refractivity contribution in [3.05, 3.63) is 30.3 Å². The summed E-state index contributed by atoms with van der Waals surface area (Å²) in [5.74, 6) is 0.824. The van der Waals surface area contributed by atoms with Crippen molar-refractivity contribution in [3.63, 3.8) is 0 Å². The second-order valence-electron chi connectivity index (χ2n) is 8.34. The first kappa shape index (κ1) is 19.2. The summed E-state index contributed by atoms with van der Waals surface area (Å²) in [5.41, 5.74) is 0.822. The van der Waals surface area contributed by atoms with E-state index in [9.17, 15) is 9.59 Å². The van der Waals surface area contributed by atoms with Crippen LogP contribution in [0.3, 0.4) is 0 Å². The zero-order chi connectivity index (χ0) is 19.3. The average molecular weight is 385 g/mol. The molecule has 1 N–H and O–H groups in total. The van der Waals surface area contributed by atoms with E-state index in [1.807, 2.05) is 35.2 Å². The number of carbonyl (C=O) groups excluding carboxylic acids is 2. The van der Waals surface area contributed by atoms with Gasteiger partial charge in [-0.05, 0) is 43.7 Å². The summed E-state index contributed by atoms with van der Waals surface area (Å²) in [7, 11) is 0. The van der Waals surface area contributed by atoms with Crippen LogP contribution in [-0.2, 0) is 4.79 Å². The second kappa shape index (κ2) is 8.95. The van der Waals surface area contributed by atoms with Crippen LogP contribution in [0.5, 0.6) is 0 Å². The van der Waals surface area contributed by atoms with Crippen molar-refractivity contribution >= 4 is 17.6 Å². The molecule has 0 spiro atoms. The summed E-state index contributed by atoms with van der Waals surface area (Å²) < 4.78 is 0. The van der Waals surface area contributed by atoms with Crippen LogP contribution in [-0.4, -0.2) is 71.9 Å². The summed E-state index contributed by atoms with van der Waals surface area (Å²) in [6, 6.07) is 9.55. The van der Waals surface area contributed by atoms with E-state index < -0.39 is 0 Å². The Hall–Kier alpha value is -2.08. The molecule has 0 radical (unpaired) electrons. The third kappa shape index (κ3) is 4.32. The zero-order valence-electron chi connectivity index (χ0n) is 16.7. The van der Waals surface area contributed by atoms with E-state index in [0.29, 0.717) is 24.9 Å². The number of rotatable bonds is 4. The predicted octanol–water partition coefficient (Wildman–Crippen LogP) is 3.02. The highest BCUT2D eigenvalue weighted by Gasteiger charge is 2.39. The Morgan fingerprint density at radius 3 is 2.11 bits per heavy atom. The van der Waals surface area contributed by atoms with E-state index in [-0.39, 0.29) is 12.1 Å². The van der Waals surface area contributed by atoms with Crippen molar-refractivity contribution in [3.8, 4) is 0 Å². The Bertz CT molecular complexity index is 660. The fraction of sp³-hybridized carbons (Fsp3) is 0.636. The molecule has 0 bridgehead atoms. The van der Waals surface area contributed by atoms with Crippen molar-refractivity contribution in [1.29, 1.82) is 0 Å². The highest BCUT2D eigenvalue weighted by atomic mass is 16.2. The number of likely N-dealkylation sites (tertiary alicyclic amines) is 1. The normalized spacial score (nSPS) is 22.4. The van der Waals surface area contributed by atoms with Gasteiger partial charge in [-0.2, -0.15) is 0 Å². The van der Waals surface area contributed by atoms with Gasteiger partial charge in [-0.25, -0.2) is 4.79 Å². The van der Waals surface area contributed by atoms with E-state index in [0.717, 1.165) is 44.7 Å². The second-order valence-corrected chi connectivity index (χ2v) is 8.34. The molecule has 0 aromatic heterocycles. The molecule has 0 unspecified atom stereocenters.